The number of urea groups is 1. The SMILES string of the molecule is CCC1CN2CCCC2CN1C(=O)Nc1ccc(C(C)=O)cc1. The number of piperazine rings is 1. The fraction of sp³-hybridized carbons (Fsp3) is 0.556. The Kier molecular flexibility index (Phi) is 4.66. The van der Waals surface area contributed by atoms with E-state index in [1.54, 1.807) is 31.2 Å². The number of rotatable bonds is 3. The van der Waals surface area contributed by atoms with Crippen molar-refractivity contribution in [2.45, 2.75) is 45.2 Å². The first-order valence-corrected chi connectivity index (χ1v) is 8.51. The molecule has 0 spiro atoms. The third-order valence-electron chi connectivity index (χ3n) is 5.07. The molecule has 2 atom stereocenters. The Balaban J connectivity index is 1.67. The summed E-state index contributed by atoms with van der Waals surface area (Å²) in [5.41, 5.74) is 1.40. The third kappa shape index (κ3) is 3.39. The molecular formula is C18H25N3O2. The molecule has 2 heterocycles. The highest BCUT2D eigenvalue weighted by atomic mass is 16.2. The fourth-order valence-corrected chi connectivity index (χ4v) is 3.67. The zero-order valence-electron chi connectivity index (χ0n) is 13.9. The lowest BCUT2D eigenvalue weighted by molar-refractivity contribution is 0.0767. The number of carbonyl (C=O) groups excluding carboxylic acids is 2. The van der Waals surface area contributed by atoms with E-state index in [0.717, 1.165) is 25.2 Å². The molecule has 2 aliphatic rings. The number of carbonyl (C=O) groups is 2. The van der Waals surface area contributed by atoms with Crippen LogP contribution in [0.1, 0.15) is 43.5 Å². The monoisotopic (exact) mass is 315 g/mol. The van der Waals surface area contributed by atoms with Crippen LogP contribution in [0.5, 0.6) is 0 Å². The van der Waals surface area contributed by atoms with Gasteiger partial charge in [0.15, 0.2) is 5.78 Å². The molecule has 23 heavy (non-hydrogen) atoms. The third-order valence-corrected chi connectivity index (χ3v) is 5.07. The topological polar surface area (TPSA) is 52.6 Å². The predicted octanol–water partition coefficient (Wildman–Crippen LogP) is 2.98. The summed E-state index contributed by atoms with van der Waals surface area (Å²) in [7, 11) is 0. The second-order valence-corrected chi connectivity index (χ2v) is 6.57. The average Bonchev–Trinajstić information content (AvgIpc) is 3.01. The van der Waals surface area contributed by atoms with Crippen molar-refractivity contribution >= 4 is 17.5 Å². The fourth-order valence-electron chi connectivity index (χ4n) is 3.67. The molecule has 2 aliphatic heterocycles. The molecule has 0 bridgehead atoms. The van der Waals surface area contributed by atoms with Gasteiger partial charge in [-0.25, -0.2) is 4.79 Å². The van der Waals surface area contributed by atoms with Gasteiger partial charge >= 0.3 is 6.03 Å². The minimum Gasteiger partial charge on any atom is -0.319 e. The lowest BCUT2D eigenvalue weighted by Crippen LogP contribution is -2.58. The lowest BCUT2D eigenvalue weighted by atomic mass is 10.1. The van der Waals surface area contributed by atoms with E-state index in [9.17, 15) is 9.59 Å². The van der Waals surface area contributed by atoms with E-state index in [4.69, 9.17) is 0 Å². The standard InChI is InChI=1S/C18H25N3O2/c1-3-16-11-20-10-4-5-17(20)12-21(16)18(23)19-15-8-6-14(7-9-15)13(2)22/h6-9,16-17H,3-5,10-12H2,1-2H3,(H,19,23). The molecule has 2 amide bonds. The number of nitrogens with zero attached hydrogens (tertiary/aromatic N) is 2. The minimum atomic E-state index is -0.0287. The first kappa shape index (κ1) is 16.0. The molecule has 5 heteroatoms. The van der Waals surface area contributed by atoms with Crippen molar-refractivity contribution < 1.29 is 9.59 Å². The highest BCUT2D eigenvalue weighted by Gasteiger charge is 2.37. The van der Waals surface area contributed by atoms with E-state index in [2.05, 4.69) is 17.1 Å². The highest BCUT2D eigenvalue weighted by Crippen LogP contribution is 2.26. The van der Waals surface area contributed by atoms with Crippen LogP contribution in [-0.2, 0) is 0 Å². The average molecular weight is 315 g/mol. The van der Waals surface area contributed by atoms with Crippen LogP contribution >= 0.6 is 0 Å². The summed E-state index contributed by atoms with van der Waals surface area (Å²) in [4.78, 5) is 28.5. The Labute approximate surface area is 137 Å². The number of anilines is 1. The van der Waals surface area contributed by atoms with Gasteiger partial charge in [0.2, 0.25) is 0 Å². The maximum absolute atomic E-state index is 12.7. The number of hydrogen-bond donors (Lipinski definition) is 1. The molecule has 2 unspecified atom stereocenters. The van der Waals surface area contributed by atoms with Crippen molar-refractivity contribution in [2.24, 2.45) is 0 Å². The van der Waals surface area contributed by atoms with E-state index < -0.39 is 0 Å². The molecular weight excluding hydrogens is 290 g/mol. The minimum absolute atomic E-state index is 0.0287. The Morgan fingerprint density at radius 3 is 2.61 bits per heavy atom. The van der Waals surface area contributed by atoms with Crippen molar-refractivity contribution in [1.29, 1.82) is 0 Å². The highest BCUT2D eigenvalue weighted by molar-refractivity contribution is 5.95. The van der Waals surface area contributed by atoms with E-state index in [1.807, 2.05) is 4.90 Å². The van der Waals surface area contributed by atoms with Crippen molar-refractivity contribution in [3.05, 3.63) is 29.8 Å². The number of ketones is 1. The van der Waals surface area contributed by atoms with Gasteiger partial charge in [0, 0.05) is 36.4 Å². The largest absolute Gasteiger partial charge is 0.322 e. The predicted molar refractivity (Wildman–Crippen MR) is 90.8 cm³/mol. The number of hydrogen-bond acceptors (Lipinski definition) is 3. The van der Waals surface area contributed by atoms with E-state index in [1.165, 1.54) is 19.4 Å². The molecule has 0 aromatic heterocycles. The van der Waals surface area contributed by atoms with Crippen molar-refractivity contribution in [3.8, 4) is 0 Å². The second kappa shape index (κ2) is 6.71. The van der Waals surface area contributed by atoms with Gasteiger partial charge < -0.3 is 10.2 Å². The molecule has 0 aliphatic carbocycles. The first-order valence-electron chi connectivity index (χ1n) is 8.51. The number of fused-ring (bicyclic) bond motifs is 1. The van der Waals surface area contributed by atoms with E-state index in [-0.39, 0.29) is 17.9 Å². The molecule has 1 aromatic rings. The molecule has 3 rings (SSSR count). The van der Waals surface area contributed by atoms with Crippen molar-refractivity contribution in [1.82, 2.24) is 9.80 Å². The van der Waals surface area contributed by atoms with E-state index >= 15 is 0 Å². The molecule has 5 nitrogen and oxygen atoms in total. The second-order valence-electron chi connectivity index (χ2n) is 6.57. The van der Waals surface area contributed by atoms with Crippen LogP contribution < -0.4 is 5.32 Å². The van der Waals surface area contributed by atoms with Gasteiger partial charge in [0.25, 0.3) is 0 Å². The summed E-state index contributed by atoms with van der Waals surface area (Å²) in [6, 6.07) is 7.86. The van der Waals surface area contributed by atoms with Gasteiger partial charge in [-0.3, -0.25) is 9.69 Å². The smallest absolute Gasteiger partial charge is 0.319 e. The van der Waals surface area contributed by atoms with Crippen LogP contribution in [0.2, 0.25) is 0 Å². The first-order chi connectivity index (χ1) is 11.1. The Morgan fingerprint density at radius 2 is 1.96 bits per heavy atom. The van der Waals surface area contributed by atoms with Gasteiger partial charge in [-0.1, -0.05) is 6.92 Å². The number of Topliss-reactive ketones (excluding diaryl/α,β-unsaturated/α-hetero) is 1. The molecule has 1 N–H and O–H groups in total. The number of benzene rings is 1. The van der Waals surface area contributed by atoms with Gasteiger partial charge in [-0.2, -0.15) is 0 Å². The Morgan fingerprint density at radius 1 is 1.22 bits per heavy atom. The summed E-state index contributed by atoms with van der Waals surface area (Å²) >= 11 is 0. The maximum atomic E-state index is 12.7. The zero-order valence-corrected chi connectivity index (χ0v) is 13.9. The summed E-state index contributed by atoms with van der Waals surface area (Å²) in [6.07, 6.45) is 3.40. The van der Waals surface area contributed by atoms with Gasteiger partial charge in [-0.15, -0.1) is 0 Å². The van der Waals surface area contributed by atoms with Crippen LogP contribution in [0.15, 0.2) is 24.3 Å². The molecule has 0 radical (unpaired) electrons. The normalized spacial score (nSPS) is 24.3. The Bertz CT molecular complexity index is 584. The Hall–Kier alpha value is -1.88. The van der Waals surface area contributed by atoms with Crippen LogP contribution in [-0.4, -0.2) is 53.3 Å². The molecule has 2 saturated heterocycles. The van der Waals surface area contributed by atoms with Crippen LogP contribution in [0.4, 0.5) is 10.5 Å². The molecule has 0 saturated carbocycles. The molecule has 1 aromatic carbocycles. The van der Waals surface area contributed by atoms with Gasteiger partial charge in [0.1, 0.15) is 0 Å². The summed E-state index contributed by atoms with van der Waals surface area (Å²) < 4.78 is 0. The van der Waals surface area contributed by atoms with Gasteiger partial charge in [0.05, 0.1) is 0 Å². The summed E-state index contributed by atoms with van der Waals surface area (Å²) in [6.45, 7) is 6.65. The number of amides is 2. The summed E-state index contributed by atoms with van der Waals surface area (Å²) in [5.74, 6) is 0.0336. The number of nitrogens with one attached hydrogen (secondary N) is 1. The zero-order chi connectivity index (χ0) is 16.4. The summed E-state index contributed by atoms with van der Waals surface area (Å²) in [5, 5.41) is 2.98. The van der Waals surface area contributed by atoms with Gasteiger partial charge in [-0.05, 0) is 57.0 Å². The van der Waals surface area contributed by atoms with Crippen LogP contribution in [0, 0.1) is 0 Å². The lowest BCUT2D eigenvalue weighted by Gasteiger charge is -2.43. The molecule has 2 fully saturated rings. The quantitative estimate of drug-likeness (QED) is 0.873. The van der Waals surface area contributed by atoms with E-state index in [0.29, 0.717) is 11.6 Å². The van der Waals surface area contributed by atoms with Crippen molar-refractivity contribution in [3.63, 3.8) is 0 Å². The van der Waals surface area contributed by atoms with Crippen LogP contribution in [0.25, 0.3) is 0 Å². The maximum Gasteiger partial charge on any atom is 0.322 e. The van der Waals surface area contributed by atoms with Crippen LogP contribution in [0.3, 0.4) is 0 Å². The molecule has 124 valence electrons. The van der Waals surface area contributed by atoms with Crippen molar-refractivity contribution in [2.75, 3.05) is 25.0 Å².